The summed E-state index contributed by atoms with van der Waals surface area (Å²) in [6, 6.07) is -0.477. The molecule has 0 saturated heterocycles. The molecule has 5 heteroatoms. The van der Waals surface area contributed by atoms with Gasteiger partial charge in [0.2, 0.25) is 0 Å². The number of carboxylic acid groups (broad SMARTS) is 1. The summed E-state index contributed by atoms with van der Waals surface area (Å²) in [5.74, 6) is 0.567. The molecule has 0 bridgehead atoms. The van der Waals surface area contributed by atoms with Crippen LogP contribution in [0, 0.1) is 17.3 Å². The van der Waals surface area contributed by atoms with Crippen molar-refractivity contribution in [2.24, 2.45) is 17.3 Å². The molecule has 3 N–H and O–H groups in total. The lowest BCUT2D eigenvalue weighted by molar-refractivity contribution is -0.148. The summed E-state index contributed by atoms with van der Waals surface area (Å²) < 4.78 is 0. The Morgan fingerprint density at radius 3 is 2.48 bits per heavy atom. The highest BCUT2D eigenvalue weighted by Crippen LogP contribution is 2.38. The number of hydrogen-bond donors (Lipinski definition) is 3. The number of carboxylic acids is 1. The number of aliphatic carboxylic acids is 1. The molecule has 2 unspecified atom stereocenters. The molecular formula is C16H28N2O3. The molecule has 2 fully saturated rings. The van der Waals surface area contributed by atoms with Gasteiger partial charge >= 0.3 is 12.0 Å². The molecule has 2 saturated carbocycles. The standard InChI is InChI=1S/C16H28N2O3/c1-11-5-7-12(8-6-11)10-17-15(21)18-13-4-3-9-16(13,2)14(19)20/h11-13H,3-10H2,1-2H3,(H,19,20)(H2,17,18,21). The molecule has 5 nitrogen and oxygen atoms in total. The quantitative estimate of drug-likeness (QED) is 0.746. The van der Waals surface area contributed by atoms with Crippen molar-refractivity contribution >= 4 is 12.0 Å². The number of carbonyl (C=O) groups excluding carboxylic acids is 1. The fraction of sp³-hybridized carbons (Fsp3) is 0.875. The van der Waals surface area contributed by atoms with E-state index in [0.717, 1.165) is 18.8 Å². The van der Waals surface area contributed by atoms with E-state index < -0.39 is 11.4 Å². The third kappa shape index (κ3) is 3.89. The van der Waals surface area contributed by atoms with Crippen molar-refractivity contribution in [2.75, 3.05) is 6.54 Å². The smallest absolute Gasteiger partial charge is 0.315 e. The van der Waals surface area contributed by atoms with E-state index in [1.807, 2.05) is 0 Å². The third-order valence-electron chi connectivity index (χ3n) is 5.44. The van der Waals surface area contributed by atoms with Gasteiger partial charge in [0.05, 0.1) is 5.41 Å². The first-order chi connectivity index (χ1) is 9.91. The van der Waals surface area contributed by atoms with Crippen molar-refractivity contribution < 1.29 is 14.7 Å². The molecule has 0 aromatic heterocycles. The van der Waals surface area contributed by atoms with Gasteiger partial charge in [0.1, 0.15) is 0 Å². The van der Waals surface area contributed by atoms with Crippen LogP contribution < -0.4 is 10.6 Å². The first-order valence-electron chi connectivity index (χ1n) is 8.19. The van der Waals surface area contributed by atoms with E-state index in [9.17, 15) is 14.7 Å². The fourth-order valence-electron chi connectivity index (χ4n) is 3.63. The maximum absolute atomic E-state index is 12.0. The highest BCUT2D eigenvalue weighted by Gasteiger charge is 2.45. The molecular weight excluding hydrogens is 268 g/mol. The van der Waals surface area contributed by atoms with Crippen LogP contribution in [0.5, 0.6) is 0 Å². The molecule has 0 aliphatic heterocycles. The highest BCUT2D eigenvalue weighted by atomic mass is 16.4. The second kappa shape index (κ2) is 6.67. The van der Waals surface area contributed by atoms with Gasteiger partial charge in [-0.2, -0.15) is 0 Å². The van der Waals surface area contributed by atoms with Gasteiger partial charge in [-0.3, -0.25) is 4.79 Å². The topological polar surface area (TPSA) is 78.4 Å². The van der Waals surface area contributed by atoms with Crippen LogP contribution in [0.2, 0.25) is 0 Å². The largest absolute Gasteiger partial charge is 0.481 e. The van der Waals surface area contributed by atoms with Crippen LogP contribution in [0.25, 0.3) is 0 Å². The minimum Gasteiger partial charge on any atom is -0.481 e. The molecule has 2 amide bonds. The highest BCUT2D eigenvalue weighted by molar-refractivity contribution is 5.79. The summed E-state index contributed by atoms with van der Waals surface area (Å²) in [5.41, 5.74) is -0.822. The van der Waals surface area contributed by atoms with Gasteiger partial charge in [-0.05, 0) is 44.4 Å². The van der Waals surface area contributed by atoms with E-state index in [4.69, 9.17) is 0 Å². The number of hydrogen-bond acceptors (Lipinski definition) is 2. The molecule has 2 rings (SSSR count). The Bertz CT molecular complexity index is 391. The van der Waals surface area contributed by atoms with Gasteiger partial charge < -0.3 is 15.7 Å². The Kier molecular flexibility index (Phi) is 5.12. The number of carbonyl (C=O) groups is 2. The monoisotopic (exact) mass is 296 g/mol. The molecule has 120 valence electrons. The molecule has 2 atom stereocenters. The van der Waals surface area contributed by atoms with E-state index >= 15 is 0 Å². The summed E-state index contributed by atoms with van der Waals surface area (Å²) in [6.45, 7) is 4.72. The summed E-state index contributed by atoms with van der Waals surface area (Å²) >= 11 is 0. The number of nitrogens with one attached hydrogen (secondary N) is 2. The first-order valence-corrected chi connectivity index (χ1v) is 8.19. The normalized spacial score (nSPS) is 36.2. The molecule has 2 aliphatic carbocycles. The maximum Gasteiger partial charge on any atom is 0.315 e. The van der Waals surface area contributed by atoms with Gasteiger partial charge in [0.25, 0.3) is 0 Å². The predicted octanol–water partition coefficient (Wildman–Crippen LogP) is 2.76. The number of urea groups is 1. The average Bonchev–Trinajstić information content (AvgIpc) is 2.81. The number of amides is 2. The van der Waals surface area contributed by atoms with E-state index in [0.29, 0.717) is 18.9 Å². The molecule has 0 spiro atoms. The zero-order valence-corrected chi connectivity index (χ0v) is 13.2. The van der Waals surface area contributed by atoms with Gasteiger partial charge in [-0.25, -0.2) is 4.79 Å². The van der Waals surface area contributed by atoms with Gasteiger partial charge in [0, 0.05) is 12.6 Å². The lowest BCUT2D eigenvalue weighted by atomic mass is 9.83. The molecule has 0 heterocycles. The lowest BCUT2D eigenvalue weighted by Gasteiger charge is -2.29. The van der Waals surface area contributed by atoms with Crippen molar-refractivity contribution in [3.63, 3.8) is 0 Å². The zero-order valence-electron chi connectivity index (χ0n) is 13.2. The molecule has 2 aliphatic rings. The summed E-state index contributed by atoms with van der Waals surface area (Å²) in [7, 11) is 0. The van der Waals surface area contributed by atoms with E-state index in [-0.39, 0.29) is 12.1 Å². The SMILES string of the molecule is CC1CCC(CNC(=O)NC2CCCC2(C)C(=O)O)CC1. The van der Waals surface area contributed by atoms with Crippen molar-refractivity contribution in [3.05, 3.63) is 0 Å². The van der Waals surface area contributed by atoms with E-state index in [1.165, 1.54) is 25.7 Å². The van der Waals surface area contributed by atoms with Crippen molar-refractivity contribution in [1.82, 2.24) is 10.6 Å². The van der Waals surface area contributed by atoms with Gasteiger partial charge in [0.15, 0.2) is 0 Å². The Labute approximate surface area is 126 Å². The third-order valence-corrected chi connectivity index (χ3v) is 5.44. The van der Waals surface area contributed by atoms with Crippen LogP contribution in [0.1, 0.15) is 58.8 Å². The molecule has 0 aromatic carbocycles. The van der Waals surface area contributed by atoms with E-state index in [1.54, 1.807) is 6.92 Å². The van der Waals surface area contributed by atoms with E-state index in [2.05, 4.69) is 17.6 Å². The van der Waals surface area contributed by atoms with Crippen molar-refractivity contribution in [3.8, 4) is 0 Å². The molecule has 21 heavy (non-hydrogen) atoms. The van der Waals surface area contributed by atoms with Crippen LogP contribution in [-0.2, 0) is 4.79 Å². The van der Waals surface area contributed by atoms with Crippen molar-refractivity contribution in [2.45, 2.75) is 64.8 Å². The fourth-order valence-corrected chi connectivity index (χ4v) is 3.63. The predicted molar refractivity (Wildman–Crippen MR) is 81.0 cm³/mol. The average molecular weight is 296 g/mol. The Morgan fingerprint density at radius 1 is 1.19 bits per heavy atom. The van der Waals surface area contributed by atoms with Gasteiger partial charge in [-0.15, -0.1) is 0 Å². The van der Waals surface area contributed by atoms with Crippen LogP contribution in [0.15, 0.2) is 0 Å². The number of rotatable bonds is 4. The second-order valence-electron chi connectivity index (χ2n) is 7.15. The Morgan fingerprint density at radius 2 is 1.86 bits per heavy atom. The second-order valence-corrected chi connectivity index (χ2v) is 7.15. The van der Waals surface area contributed by atoms with Crippen LogP contribution in [0.3, 0.4) is 0 Å². The van der Waals surface area contributed by atoms with Gasteiger partial charge in [-0.1, -0.05) is 26.2 Å². The molecule has 0 aromatic rings. The van der Waals surface area contributed by atoms with Crippen molar-refractivity contribution in [1.29, 1.82) is 0 Å². The Hall–Kier alpha value is -1.26. The minimum absolute atomic E-state index is 0.215. The lowest BCUT2D eigenvalue weighted by Crippen LogP contribution is -2.50. The van der Waals surface area contributed by atoms with Crippen LogP contribution in [-0.4, -0.2) is 29.7 Å². The first kappa shape index (κ1) is 16.1. The Balaban J connectivity index is 1.75. The van der Waals surface area contributed by atoms with Crippen LogP contribution in [0.4, 0.5) is 4.79 Å². The van der Waals surface area contributed by atoms with Crippen LogP contribution >= 0.6 is 0 Å². The maximum atomic E-state index is 12.0. The summed E-state index contributed by atoms with van der Waals surface area (Å²) in [4.78, 5) is 23.4. The summed E-state index contributed by atoms with van der Waals surface area (Å²) in [6.07, 6.45) is 7.08. The molecule has 0 radical (unpaired) electrons. The zero-order chi connectivity index (χ0) is 15.5. The summed E-state index contributed by atoms with van der Waals surface area (Å²) in [5, 5.41) is 15.1. The minimum atomic E-state index is -0.822.